The monoisotopic (exact) mass is 213 g/mol. The largest absolute Gasteiger partial charge is 0.377 e. The fraction of sp³-hybridized carbons (Fsp3) is 0.917. The van der Waals surface area contributed by atoms with Gasteiger partial charge in [0.15, 0.2) is 0 Å². The number of ether oxygens (including phenoxy) is 1. The van der Waals surface area contributed by atoms with Crippen LogP contribution in [0.25, 0.3) is 0 Å². The van der Waals surface area contributed by atoms with Crippen LogP contribution < -0.4 is 0 Å². The van der Waals surface area contributed by atoms with Gasteiger partial charge in [0.05, 0.1) is 18.8 Å². The molecule has 1 atom stereocenters. The first kappa shape index (κ1) is 12.5. The van der Waals surface area contributed by atoms with Crippen LogP contribution in [0.4, 0.5) is 0 Å². The molecule has 0 aromatic carbocycles. The standard InChI is InChI=1S/C12H23NO2/c1-5-10(2)8-11(14)13-6-7-15-9-12(13,3)4/h10H,5-9H2,1-4H3/t10-/m1/s1. The molecular weight excluding hydrogens is 190 g/mol. The van der Waals surface area contributed by atoms with Crippen LogP contribution in [0.2, 0.25) is 0 Å². The number of morpholine rings is 1. The lowest BCUT2D eigenvalue weighted by molar-refractivity contribution is -0.147. The van der Waals surface area contributed by atoms with Crippen molar-refractivity contribution in [3.05, 3.63) is 0 Å². The molecule has 1 rings (SSSR count). The highest BCUT2D eigenvalue weighted by Crippen LogP contribution is 2.21. The maximum Gasteiger partial charge on any atom is 0.223 e. The van der Waals surface area contributed by atoms with Crippen LogP contribution in [0.5, 0.6) is 0 Å². The van der Waals surface area contributed by atoms with E-state index in [9.17, 15) is 4.79 Å². The normalized spacial score (nSPS) is 22.5. The number of hydrogen-bond acceptors (Lipinski definition) is 2. The fourth-order valence-corrected chi connectivity index (χ4v) is 1.87. The van der Waals surface area contributed by atoms with Gasteiger partial charge in [0.1, 0.15) is 0 Å². The van der Waals surface area contributed by atoms with E-state index in [0.29, 0.717) is 25.6 Å². The van der Waals surface area contributed by atoms with Crippen LogP contribution >= 0.6 is 0 Å². The van der Waals surface area contributed by atoms with Crippen LogP contribution in [0, 0.1) is 5.92 Å². The molecule has 1 aliphatic rings. The zero-order valence-electron chi connectivity index (χ0n) is 10.4. The molecule has 15 heavy (non-hydrogen) atoms. The molecule has 88 valence electrons. The van der Waals surface area contributed by atoms with E-state index in [2.05, 4.69) is 27.7 Å². The third kappa shape index (κ3) is 3.20. The van der Waals surface area contributed by atoms with Gasteiger partial charge in [-0.25, -0.2) is 0 Å². The van der Waals surface area contributed by atoms with Crippen LogP contribution in [0.1, 0.15) is 40.5 Å². The molecule has 0 aromatic rings. The highest BCUT2D eigenvalue weighted by atomic mass is 16.5. The van der Waals surface area contributed by atoms with Crippen molar-refractivity contribution in [2.45, 2.75) is 46.1 Å². The Balaban J connectivity index is 2.57. The molecule has 0 unspecified atom stereocenters. The third-order valence-corrected chi connectivity index (χ3v) is 3.17. The van der Waals surface area contributed by atoms with E-state index in [4.69, 9.17) is 4.74 Å². The molecule has 0 spiro atoms. The fourth-order valence-electron chi connectivity index (χ4n) is 1.87. The quantitative estimate of drug-likeness (QED) is 0.718. The Morgan fingerprint density at radius 3 is 2.73 bits per heavy atom. The van der Waals surface area contributed by atoms with Crippen LogP contribution in [0.3, 0.4) is 0 Å². The van der Waals surface area contributed by atoms with Gasteiger partial charge in [-0.05, 0) is 19.8 Å². The summed E-state index contributed by atoms with van der Waals surface area (Å²) in [5, 5.41) is 0. The zero-order valence-corrected chi connectivity index (χ0v) is 10.4. The predicted molar refractivity (Wildman–Crippen MR) is 60.7 cm³/mol. The van der Waals surface area contributed by atoms with Gasteiger partial charge in [-0.3, -0.25) is 4.79 Å². The van der Waals surface area contributed by atoms with Crippen molar-refractivity contribution in [3.63, 3.8) is 0 Å². The number of carbonyl (C=O) groups excluding carboxylic acids is 1. The van der Waals surface area contributed by atoms with Gasteiger partial charge in [0, 0.05) is 13.0 Å². The highest BCUT2D eigenvalue weighted by molar-refractivity contribution is 5.77. The molecule has 1 aliphatic heterocycles. The maximum absolute atomic E-state index is 12.1. The lowest BCUT2D eigenvalue weighted by atomic mass is 9.98. The molecule has 1 amide bonds. The second-order valence-electron chi connectivity index (χ2n) is 5.13. The Hall–Kier alpha value is -0.570. The van der Waals surface area contributed by atoms with Crippen molar-refractivity contribution in [1.82, 2.24) is 4.90 Å². The van der Waals surface area contributed by atoms with E-state index in [0.717, 1.165) is 13.0 Å². The van der Waals surface area contributed by atoms with Gasteiger partial charge in [0.2, 0.25) is 5.91 Å². The van der Waals surface area contributed by atoms with E-state index in [-0.39, 0.29) is 11.4 Å². The Morgan fingerprint density at radius 1 is 1.53 bits per heavy atom. The van der Waals surface area contributed by atoms with Crippen LogP contribution in [0.15, 0.2) is 0 Å². The molecule has 3 nitrogen and oxygen atoms in total. The predicted octanol–water partition coefficient (Wildman–Crippen LogP) is 2.06. The molecule has 0 aliphatic carbocycles. The van der Waals surface area contributed by atoms with Crippen molar-refractivity contribution in [2.75, 3.05) is 19.8 Å². The van der Waals surface area contributed by atoms with E-state index < -0.39 is 0 Å². The molecule has 0 bridgehead atoms. The molecule has 1 fully saturated rings. The molecular formula is C12H23NO2. The second kappa shape index (κ2) is 4.97. The molecule has 0 radical (unpaired) electrons. The smallest absolute Gasteiger partial charge is 0.223 e. The molecule has 1 saturated heterocycles. The molecule has 0 aromatic heterocycles. The number of carbonyl (C=O) groups is 1. The Bertz CT molecular complexity index is 226. The van der Waals surface area contributed by atoms with E-state index in [1.807, 2.05) is 4.90 Å². The summed E-state index contributed by atoms with van der Waals surface area (Å²) in [6, 6.07) is 0. The summed E-state index contributed by atoms with van der Waals surface area (Å²) in [5.41, 5.74) is -0.136. The topological polar surface area (TPSA) is 29.5 Å². The number of hydrogen-bond donors (Lipinski definition) is 0. The molecule has 1 heterocycles. The summed E-state index contributed by atoms with van der Waals surface area (Å²) >= 11 is 0. The summed E-state index contributed by atoms with van der Waals surface area (Å²) in [4.78, 5) is 14.0. The summed E-state index contributed by atoms with van der Waals surface area (Å²) in [6.07, 6.45) is 1.73. The maximum atomic E-state index is 12.1. The van der Waals surface area contributed by atoms with Crippen LogP contribution in [-0.4, -0.2) is 36.1 Å². The first-order valence-corrected chi connectivity index (χ1v) is 5.85. The second-order valence-corrected chi connectivity index (χ2v) is 5.13. The minimum atomic E-state index is -0.136. The highest BCUT2D eigenvalue weighted by Gasteiger charge is 2.33. The Morgan fingerprint density at radius 2 is 2.20 bits per heavy atom. The van der Waals surface area contributed by atoms with Crippen LogP contribution in [-0.2, 0) is 9.53 Å². The summed E-state index contributed by atoms with van der Waals surface area (Å²) in [7, 11) is 0. The van der Waals surface area contributed by atoms with E-state index in [1.54, 1.807) is 0 Å². The van der Waals surface area contributed by atoms with Gasteiger partial charge in [-0.1, -0.05) is 20.3 Å². The van der Waals surface area contributed by atoms with Crippen molar-refractivity contribution in [1.29, 1.82) is 0 Å². The zero-order chi connectivity index (χ0) is 11.5. The third-order valence-electron chi connectivity index (χ3n) is 3.17. The molecule has 0 saturated carbocycles. The Labute approximate surface area is 92.8 Å². The van der Waals surface area contributed by atoms with Gasteiger partial charge in [-0.15, -0.1) is 0 Å². The minimum absolute atomic E-state index is 0.136. The number of rotatable bonds is 3. The van der Waals surface area contributed by atoms with Gasteiger partial charge in [0.25, 0.3) is 0 Å². The number of amides is 1. The summed E-state index contributed by atoms with van der Waals surface area (Å²) < 4.78 is 5.40. The Kier molecular flexibility index (Phi) is 4.14. The first-order chi connectivity index (χ1) is 6.97. The number of nitrogens with zero attached hydrogens (tertiary/aromatic N) is 1. The first-order valence-electron chi connectivity index (χ1n) is 5.85. The average Bonchev–Trinajstić information content (AvgIpc) is 2.16. The van der Waals surface area contributed by atoms with Crippen molar-refractivity contribution >= 4 is 5.91 Å². The van der Waals surface area contributed by atoms with Gasteiger partial charge in [-0.2, -0.15) is 0 Å². The van der Waals surface area contributed by atoms with Gasteiger partial charge >= 0.3 is 0 Å². The minimum Gasteiger partial charge on any atom is -0.377 e. The van der Waals surface area contributed by atoms with Crippen molar-refractivity contribution in [3.8, 4) is 0 Å². The van der Waals surface area contributed by atoms with Crippen molar-refractivity contribution < 1.29 is 9.53 Å². The van der Waals surface area contributed by atoms with Crippen molar-refractivity contribution in [2.24, 2.45) is 5.92 Å². The van der Waals surface area contributed by atoms with E-state index in [1.165, 1.54) is 0 Å². The lowest BCUT2D eigenvalue weighted by Gasteiger charge is -2.42. The summed E-state index contributed by atoms with van der Waals surface area (Å²) in [6.45, 7) is 10.5. The summed E-state index contributed by atoms with van der Waals surface area (Å²) in [5.74, 6) is 0.758. The lowest BCUT2D eigenvalue weighted by Crippen LogP contribution is -2.55. The molecule has 0 N–H and O–H groups in total. The SMILES string of the molecule is CC[C@@H](C)CC(=O)N1CCOCC1(C)C. The van der Waals surface area contributed by atoms with E-state index >= 15 is 0 Å². The van der Waals surface area contributed by atoms with Gasteiger partial charge < -0.3 is 9.64 Å². The average molecular weight is 213 g/mol. The molecule has 3 heteroatoms.